The molecule has 1 fully saturated rings. The average Bonchev–Trinajstić information content (AvgIpc) is 2.96. The quantitative estimate of drug-likeness (QED) is 0.721. The van der Waals surface area contributed by atoms with Gasteiger partial charge in [0.1, 0.15) is 11.8 Å². The lowest BCUT2D eigenvalue weighted by atomic mass is 10.1. The van der Waals surface area contributed by atoms with Gasteiger partial charge in [-0.3, -0.25) is 4.40 Å². The summed E-state index contributed by atoms with van der Waals surface area (Å²) in [7, 11) is 0. The molecule has 4 rings (SSSR count). The smallest absolute Gasteiger partial charge is 0.181 e. The lowest BCUT2D eigenvalue weighted by molar-refractivity contribution is 0.122. The fraction of sp³-hybridized carbons (Fsp3) is 0.316. The standard InChI is InChI=1S/C19H19N5O/c1-13-4-3-5-15(10-13)16-12-24-17(11-20)14(2)21-19(24)18(22-16)23-6-8-25-9-7-23/h3-5,10,12H,6-9H2,1-2H3. The van der Waals surface area contributed by atoms with Crippen LogP contribution in [0.15, 0.2) is 30.5 Å². The molecule has 0 bridgehead atoms. The summed E-state index contributed by atoms with van der Waals surface area (Å²) in [6, 6.07) is 10.5. The minimum absolute atomic E-state index is 0.556. The van der Waals surface area contributed by atoms with Crippen LogP contribution < -0.4 is 4.90 Å². The van der Waals surface area contributed by atoms with E-state index in [-0.39, 0.29) is 0 Å². The summed E-state index contributed by atoms with van der Waals surface area (Å²) in [5.41, 5.74) is 5.06. The Labute approximate surface area is 146 Å². The van der Waals surface area contributed by atoms with Crippen molar-refractivity contribution in [1.82, 2.24) is 14.4 Å². The molecule has 0 N–H and O–H groups in total. The Hall–Kier alpha value is -2.91. The van der Waals surface area contributed by atoms with Gasteiger partial charge in [-0.15, -0.1) is 0 Å². The van der Waals surface area contributed by atoms with Crippen LogP contribution in [0.25, 0.3) is 16.9 Å². The summed E-state index contributed by atoms with van der Waals surface area (Å²) in [4.78, 5) is 11.7. The van der Waals surface area contributed by atoms with Crippen LogP contribution in [0.5, 0.6) is 0 Å². The van der Waals surface area contributed by atoms with Crippen LogP contribution in [-0.2, 0) is 4.74 Å². The zero-order valence-corrected chi connectivity index (χ0v) is 14.4. The number of ether oxygens (including phenoxy) is 1. The molecular weight excluding hydrogens is 314 g/mol. The molecule has 1 aromatic carbocycles. The molecule has 0 saturated carbocycles. The first-order chi connectivity index (χ1) is 12.2. The van der Waals surface area contributed by atoms with Gasteiger partial charge in [-0.1, -0.05) is 23.8 Å². The van der Waals surface area contributed by atoms with Crippen molar-refractivity contribution in [3.05, 3.63) is 47.4 Å². The number of morpholine rings is 1. The Kier molecular flexibility index (Phi) is 3.86. The predicted octanol–water partition coefficient (Wildman–Crippen LogP) is 2.72. The van der Waals surface area contributed by atoms with Gasteiger partial charge >= 0.3 is 0 Å². The zero-order valence-electron chi connectivity index (χ0n) is 14.4. The molecule has 3 heterocycles. The second kappa shape index (κ2) is 6.19. The fourth-order valence-electron chi connectivity index (χ4n) is 3.21. The Balaban J connectivity index is 1.97. The summed E-state index contributed by atoms with van der Waals surface area (Å²) < 4.78 is 7.33. The molecule has 126 valence electrons. The molecule has 0 amide bonds. The Bertz CT molecular complexity index is 979. The van der Waals surface area contributed by atoms with Crippen molar-refractivity contribution in [2.24, 2.45) is 0 Å². The molecule has 6 heteroatoms. The minimum Gasteiger partial charge on any atom is -0.378 e. The van der Waals surface area contributed by atoms with Gasteiger partial charge in [0, 0.05) is 24.8 Å². The number of nitriles is 1. The van der Waals surface area contributed by atoms with Crippen molar-refractivity contribution in [3.8, 4) is 17.3 Å². The lowest BCUT2D eigenvalue weighted by Crippen LogP contribution is -2.37. The molecule has 0 unspecified atom stereocenters. The van der Waals surface area contributed by atoms with E-state index in [1.165, 1.54) is 5.56 Å². The van der Waals surface area contributed by atoms with Crippen LogP contribution in [0.2, 0.25) is 0 Å². The normalized spacial score (nSPS) is 14.7. The molecule has 1 aliphatic rings. The van der Waals surface area contributed by atoms with E-state index >= 15 is 0 Å². The second-order valence-corrected chi connectivity index (χ2v) is 6.27. The number of imidazole rings is 1. The van der Waals surface area contributed by atoms with Crippen molar-refractivity contribution >= 4 is 11.5 Å². The fourth-order valence-corrected chi connectivity index (χ4v) is 3.21. The number of rotatable bonds is 2. The van der Waals surface area contributed by atoms with E-state index in [1.54, 1.807) is 0 Å². The molecule has 0 aliphatic carbocycles. The van der Waals surface area contributed by atoms with Crippen LogP contribution in [0.4, 0.5) is 5.82 Å². The third-order valence-electron chi connectivity index (χ3n) is 4.49. The van der Waals surface area contributed by atoms with Crippen molar-refractivity contribution in [3.63, 3.8) is 0 Å². The molecule has 3 aromatic rings. The summed E-state index contributed by atoms with van der Waals surface area (Å²) in [6.45, 7) is 6.82. The van der Waals surface area contributed by atoms with Gasteiger partial charge < -0.3 is 9.64 Å². The van der Waals surface area contributed by atoms with Gasteiger partial charge in [-0.25, -0.2) is 9.97 Å². The number of aryl methyl sites for hydroxylation is 2. The zero-order chi connectivity index (χ0) is 17.4. The molecule has 0 atom stereocenters. The van der Waals surface area contributed by atoms with Crippen LogP contribution >= 0.6 is 0 Å². The highest BCUT2D eigenvalue weighted by atomic mass is 16.5. The van der Waals surface area contributed by atoms with Gasteiger partial charge in [0.05, 0.1) is 24.6 Å². The number of nitrogens with zero attached hydrogens (tertiary/aromatic N) is 5. The van der Waals surface area contributed by atoms with Crippen molar-refractivity contribution in [2.45, 2.75) is 13.8 Å². The Morgan fingerprint density at radius 1 is 1.16 bits per heavy atom. The van der Waals surface area contributed by atoms with Crippen molar-refractivity contribution < 1.29 is 4.74 Å². The van der Waals surface area contributed by atoms with Crippen molar-refractivity contribution in [2.75, 3.05) is 31.2 Å². The van der Waals surface area contributed by atoms with Crippen LogP contribution in [0, 0.1) is 25.2 Å². The third kappa shape index (κ3) is 2.73. The highest BCUT2D eigenvalue weighted by Crippen LogP contribution is 2.27. The van der Waals surface area contributed by atoms with Crippen LogP contribution in [0.3, 0.4) is 0 Å². The van der Waals surface area contributed by atoms with E-state index in [0.717, 1.165) is 41.5 Å². The first kappa shape index (κ1) is 15.6. The van der Waals surface area contributed by atoms with E-state index in [2.05, 4.69) is 35.0 Å². The number of hydrogen-bond acceptors (Lipinski definition) is 5. The average molecular weight is 333 g/mol. The summed E-state index contributed by atoms with van der Waals surface area (Å²) in [5.74, 6) is 0.812. The highest BCUT2D eigenvalue weighted by molar-refractivity contribution is 5.72. The maximum Gasteiger partial charge on any atom is 0.181 e. The number of benzene rings is 1. The van der Waals surface area contributed by atoms with Crippen LogP contribution in [-0.4, -0.2) is 40.7 Å². The molecule has 1 aliphatic heterocycles. The molecule has 1 saturated heterocycles. The number of fused-ring (bicyclic) bond motifs is 1. The number of hydrogen-bond donors (Lipinski definition) is 0. The maximum atomic E-state index is 9.55. The summed E-state index contributed by atoms with van der Waals surface area (Å²) in [6.07, 6.45) is 1.91. The lowest BCUT2D eigenvalue weighted by Gasteiger charge is -2.28. The van der Waals surface area contributed by atoms with Gasteiger partial charge in [0.2, 0.25) is 0 Å². The summed E-state index contributed by atoms with van der Waals surface area (Å²) >= 11 is 0. The highest BCUT2D eigenvalue weighted by Gasteiger charge is 2.21. The molecule has 25 heavy (non-hydrogen) atoms. The number of anilines is 1. The Morgan fingerprint density at radius 2 is 1.96 bits per heavy atom. The molecule has 0 spiro atoms. The SMILES string of the molecule is Cc1cccc(-c2cn3c(C#N)c(C)nc3c(N3CCOCC3)n2)c1. The van der Waals surface area contributed by atoms with Gasteiger partial charge in [0.25, 0.3) is 0 Å². The largest absolute Gasteiger partial charge is 0.378 e. The third-order valence-corrected chi connectivity index (χ3v) is 4.49. The molecular formula is C19H19N5O. The molecule has 6 nitrogen and oxygen atoms in total. The van der Waals surface area contributed by atoms with Crippen molar-refractivity contribution in [1.29, 1.82) is 5.26 Å². The Morgan fingerprint density at radius 3 is 2.68 bits per heavy atom. The van der Waals surface area contributed by atoms with E-state index in [9.17, 15) is 5.26 Å². The minimum atomic E-state index is 0.556. The first-order valence-electron chi connectivity index (χ1n) is 8.37. The van der Waals surface area contributed by atoms with Gasteiger partial charge in [0.15, 0.2) is 11.5 Å². The predicted molar refractivity (Wildman–Crippen MR) is 95.6 cm³/mol. The summed E-state index contributed by atoms with van der Waals surface area (Å²) in [5, 5.41) is 9.55. The number of aromatic nitrogens is 3. The first-order valence-corrected chi connectivity index (χ1v) is 8.37. The van der Waals surface area contributed by atoms with Gasteiger partial charge in [-0.2, -0.15) is 5.26 Å². The second-order valence-electron chi connectivity index (χ2n) is 6.27. The van der Waals surface area contributed by atoms with Gasteiger partial charge in [-0.05, 0) is 19.9 Å². The molecule has 2 aromatic heterocycles. The van der Waals surface area contributed by atoms with E-state index in [0.29, 0.717) is 18.9 Å². The van der Waals surface area contributed by atoms with E-state index < -0.39 is 0 Å². The monoisotopic (exact) mass is 333 g/mol. The topological polar surface area (TPSA) is 66.5 Å². The van der Waals surface area contributed by atoms with Crippen LogP contribution in [0.1, 0.15) is 17.0 Å². The van der Waals surface area contributed by atoms with E-state index in [4.69, 9.17) is 9.72 Å². The molecule has 0 radical (unpaired) electrons. The maximum absolute atomic E-state index is 9.55. The van der Waals surface area contributed by atoms with E-state index in [1.807, 2.05) is 29.7 Å².